The number of hydrogen-bond donors (Lipinski definition) is 0. The van der Waals surface area contributed by atoms with Crippen molar-refractivity contribution in [2.75, 3.05) is 6.61 Å². The highest BCUT2D eigenvalue weighted by Gasteiger charge is 2.20. The fraction of sp³-hybridized carbons (Fsp3) is 0.400. The van der Waals surface area contributed by atoms with Crippen LogP contribution < -0.4 is 0 Å². The van der Waals surface area contributed by atoms with E-state index < -0.39 is 5.97 Å². The number of rotatable bonds is 7. The lowest BCUT2D eigenvalue weighted by molar-refractivity contribution is -0.138. The van der Waals surface area contributed by atoms with Crippen molar-refractivity contribution in [1.82, 2.24) is 25.0 Å². The van der Waals surface area contributed by atoms with Crippen molar-refractivity contribution in [3.8, 4) is 0 Å². The van der Waals surface area contributed by atoms with Crippen molar-refractivity contribution in [1.29, 1.82) is 0 Å². The fourth-order valence-electron chi connectivity index (χ4n) is 2.14. The molecule has 0 aromatic carbocycles. The quantitative estimate of drug-likeness (QED) is 0.443. The number of hydrogen-bond acceptors (Lipinski definition) is 6. The molecule has 0 fully saturated rings. The summed E-state index contributed by atoms with van der Waals surface area (Å²) in [5, 5.41) is 8.20. The SMILES string of the molecule is C=CCC(CC(=C)C(=O)OCC)n1nnc2cnc(C)nc21. The van der Waals surface area contributed by atoms with Gasteiger partial charge in [0.05, 0.1) is 18.8 Å². The van der Waals surface area contributed by atoms with Gasteiger partial charge in [-0.3, -0.25) is 0 Å². The molecule has 0 N–H and O–H groups in total. The summed E-state index contributed by atoms with van der Waals surface area (Å²) in [5.41, 5.74) is 1.64. The predicted molar refractivity (Wildman–Crippen MR) is 82.1 cm³/mol. The summed E-state index contributed by atoms with van der Waals surface area (Å²) in [6.07, 6.45) is 4.41. The molecule has 0 aliphatic rings. The smallest absolute Gasteiger partial charge is 0.333 e. The Balaban J connectivity index is 2.30. The highest BCUT2D eigenvalue weighted by atomic mass is 16.5. The van der Waals surface area contributed by atoms with Gasteiger partial charge in [0.15, 0.2) is 11.2 Å². The molecule has 0 bridgehead atoms. The number of aryl methyl sites for hydroxylation is 1. The normalized spacial score (nSPS) is 12.1. The van der Waals surface area contributed by atoms with Gasteiger partial charge < -0.3 is 4.74 Å². The van der Waals surface area contributed by atoms with Crippen LogP contribution in [0.3, 0.4) is 0 Å². The van der Waals surface area contributed by atoms with Crippen molar-refractivity contribution < 1.29 is 9.53 Å². The molecule has 0 aliphatic heterocycles. The fourth-order valence-corrected chi connectivity index (χ4v) is 2.14. The molecule has 7 heteroatoms. The molecule has 116 valence electrons. The van der Waals surface area contributed by atoms with E-state index in [1.165, 1.54) is 0 Å². The second-order valence-electron chi connectivity index (χ2n) is 4.87. The summed E-state index contributed by atoms with van der Waals surface area (Å²) in [6, 6.07) is -0.145. The Bertz CT molecular complexity index is 707. The molecule has 2 aromatic rings. The first-order chi connectivity index (χ1) is 10.6. The van der Waals surface area contributed by atoms with Gasteiger partial charge in [-0.05, 0) is 20.3 Å². The molecule has 22 heavy (non-hydrogen) atoms. The van der Waals surface area contributed by atoms with E-state index in [9.17, 15) is 4.79 Å². The highest BCUT2D eigenvalue weighted by molar-refractivity contribution is 5.87. The Hall–Kier alpha value is -2.57. The highest BCUT2D eigenvalue weighted by Crippen LogP contribution is 2.23. The molecule has 0 amide bonds. The third-order valence-electron chi connectivity index (χ3n) is 3.17. The lowest BCUT2D eigenvalue weighted by Gasteiger charge is -2.16. The molecular formula is C15H19N5O2. The van der Waals surface area contributed by atoms with Crippen LogP contribution in [0.1, 0.15) is 31.6 Å². The third-order valence-corrected chi connectivity index (χ3v) is 3.17. The van der Waals surface area contributed by atoms with Gasteiger partial charge in [0.2, 0.25) is 0 Å². The summed E-state index contributed by atoms with van der Waals surface area (Å²) in [7, 11) is 0. The maximum Gasteiger partial charge on any atom is 0.333 e. The third kappa shape index (κ3) is 3.36. The molecule has 1 unspecified atom stereocenters. The Morgan fingerprint density at radius 2 is 2.32 bits per heavy atom. The maximum absolute atomic E-state index is 11.8. The van der Waals surface area contributed by atoms with Crippen LogP contribution in [-0.4, -0.2) is 37.5 Å². The van der Waals surface area contributed by atoms with E-state index in [4.69, 9.17) is 4.74 Å². The Labute approximate surface area is 128 Å². The number of ether oxygens (including phenoxy) is 1. The number of aromatic nitrogens is 5. The summed E-state index contributed by atoms with van der Waals surface area (Å²) < 4.78 is 6.66. The monoisotopic (exact) mass is 301 g/mol. The lowest BCUT2D eigenvalue weighted by atomic mass is 10.0. The summed E-state index contributed by atoms with van der Waals surface area (Å²) >= 11 is 0. The maximum atomic E-state index is 11.8. The first kappa shape index (κ1) is 15.8. The van der Waals surface area contributed by atoms with Gasteiger partial charge in [0, 0.05) is 12.0 Å². The van der Waals surface area contributed by atoms with Crippen LogP contribution in [0.4, 0.5) is 0 Å². The second-order valence-corrected chi connectivity index (χ2v) is 4.87. The molecule has 2 heterocycles. The lowest BCUT2D eigenvalue weighted by Crippen LogP contribution is -2.16. The van der Waals surface area contributed by atoms with Crippen LogP contribution in [0.2, 0.25) is 0 Å². The number of carbonyl (C=O) groups excluding carboxylic acids is 1. The standard InChI is InChI=1S/C15H19N5O2/c1-5-7-12(8-10(3)15(21)22-6-2)20-14-13(18-19-20)9-16-11(4)17-14/h5,9,12H,1,3,6-8H2,2,4H3. The second kappa shape index (κ2) is 6.93. The van der Waals surface area contributed by atoms with Gasteiger partial charge in [0.1, 0.15) is 5.82 Å². The Morgan fingerprint density at radius 1 is 1.55 bits per heavy atom. The van der Waals surface area contributed by atoms with Crippen LogP contribution in [0, 0.1) is 6.92 Å². The van der Waals surface area contributed by atoms with E-state index in [0.717, 1.165) is 0 Å². The molecule has 2 aromatic heterocycles. The van der Waals surface area contributed by atoms with E-state index in [0.29, 0.717) is 42.0 Å². The zero-order valence-corrected chi connectivity index (χ0v) is 12.8. The molecular weight excluding hydrogens is 282 g/mol. The first-order valence-electron chi connectivity index (χ1n) is 7.07. The average molecular weight is 301 g/mol. The summed E-state index contributed by atoms with van der Waals surface area (Å²) in [4.78, 5) is 20.2. The van der Waals surface area contributed by atoms with Crippen molar-refractivity contribution in [2.45, 2.75) is 32.7 Å². The van der Waals surface area contributed by atoms with Crippen LogP contribution in [0.15, 0.2) is 31.0 Å². The minimum atomic E-state index is -0.396. The van der Waals surface area contributed by atoms with Crippen molar-refractivity contribution in [3.05, 3.63) is 36.8 Å². The zero-order chi connectivity index (χ0) is 16.1. The van der Waals surface area contributed by atoms with Crippen molar-refractivity contribution >= 4 is 17.1 Å². The number of carbonyl (C=O) groups is 1. The predicted octanol–water partition coefficient (Wildman–Crippen LogP) is 2.16. The van der Waals surface area contributed by atoms with E-state index in [1.807, 2.05) is 0 Å². The molecule has 0 radical (unpaired) electrons. The van der Waals surface area contributed by atoms with Gasteiger partial charge in [-0.1, -0.05) is 17.9 Å². The van der Waals surface area contributed by atoms with Gasteiger partial charge in [-0.2, -0.15) is 0 Å². The Kier molecular flexibility index (Phi) is 4.98. The molecule has 7 nitrogen and oxygen atoms in total. The van der Waals surface area contributed by atoms with E-state index in [1.54, 1.807) is 30.8 Å². The van der Waals surface area contributed by atoms with E-state index in [-0.39, 0.29) is 6.04 Å². The van der Waals surface area contributed by atoms with Gasteiger partial charge in [0.25, 0.3) is 0 Å². The summed E-state index contributed by atoms with van der Waals surface area (Å²) in [6.45, 7) is 11.4. The zero-order valence-electron chi connectivity index (χ0n) is 12.8. The van der Waals surface area contributed by atoms with Gasteiger partial charge in [-0.25, -0.2) is 19.4 Å². The Morgan fingerprint density at radius 3 is 3.00 bits per heavy atom. The topological polar surface area (TPSA) is 82.8 Å². The van der Waals surface area contributed by atoms with Crippen molar-refractivity contribution in [3.63, 3.8) is 0 Å². The summed E-state index contributed by atoms with van der Waals surface area (Å²) in [5.74, 6) is 0.240. The van der Waals surface area contributed by atoms with Crippen molar-refractivity contribution in [2.24, 2.45) is 0 Å². The van der Waals surface area contributed by atoms with Crippen LogP contribution in [-0.2, 0) is 9.53 Å². The molecule has 0 aliphatic carbocycles. The largest absolute Gasteiger partial charge is 0.463 e. The van der Waals surface area contributed by atoms with E-state index >= 15 is 0 Å². The molecule has 1 atom stereocenters. The van der Waals surface area contributed by atoms with Crippen LogP contribution in [0.25, 0.3) is 11.2 Å². The minimum absolute atomic E-state index is 0.145. The molecule has 0 saturated carbocycles. The van der Waals surface area contributed by atoms with Gasteiger partial charge >= 0.3 is 5.97 Å². The molecule has 0 saturated heterocycles. The van der Waals surface area contributed by atoms with E-state index in [2.05, 4.69) is 33.4 Å². The molecule has 0 spiro atoms. The number of fused-ring (bicyclic) bond motifs is 1. The molecule has 2 rings (SSSR count). The number of nitrogens with zero attached hydrogens (tertiary/aromatic N) is 5. The average Bonchev–Trinajstić information content (AvgIpc) is 2.89. The number of allylic oxidation sites excluding steroid dienone is 1. The van der Waals surface area contributed by atoms with Crippen LogP contribution >= 0.6 is 0 Å². The minimum Gasteiger partial charge on any atom is -0.463 e. The van der Waals surface area contributed by atoms with Gasteiger partial charge in [-0.15, -0.1) is 11.7 Å². The van der Waals surface area contributed by atoms with Crippen LogP contribution in [0.5, 0.6) is 0 Å². The number of esters is 1. The first-order valence-corrected chi connectivity index (χ1v) is 7.07.